The molecule has 0 radical (unpaired) electrons. The summed E-state index contributed by atoms with van der Waals surface area (Å²) in [6.07, 6.45) is 23.4. The third-order valence-electron chi connectivity index (χ3n) is 4.29. The quantitative estimate of drug-likeness (QED) is 0.203. The Morgan fingerprint density at radius 2 is 1.35 bits per heavy atom. The summed E-state index contributed by atoms with van der Waals surface area (Å²) in [5.74, 6) is 0. The van der Waals surface area contributed by atoms with Crippen molar-refractivity contribution in [1.82, 2.24) is 0 Å². The molecule has 1 rings (SSSR count). The van der Waals surface area contributed by atoms with Gasteiger partial charge in [-0.2, -0.15) is 0 Å². The van der Waals surface area contributed by atoms with Gasteiger partial charge in [0, 0.05) is 0 Å². The number of hydrogen-bond donors (Lipinski definition) is 0. The Morgan fingerprint density at radius 3 is 2.10 bits per heavy atom. The average molecular weight is 280 g/mol. The molecule has 1 aliphatic rings. The predicted molar refractivity (Wildman–Crippen MR) is 89.2 cm³/mol. The van der Waals surface area contributed by atoms with Crippen molar-refractivity contribution < 1.29 is 4.74 Å². The van der Waals surface area contributed by atoms with Gasteiger partial charge in [-0.15, -0.1) is 0 Å². The fourth-order valence-corrected chi connectivity index (χ4v) is 2.80. The van der Waals surface area contributed by atoms with E-state index in [0.29, 0.717) is 12.2 Å². The molecule has 2 atom stereocenters. The zero-order valence-corrected chi connectivity index (χ0v) is 13.9. The van der Waals surface area contributed by atoms with Gasteiger partial charge < -0.3 is 4.74 Å². The van der Waals surface area contributed by atoms with Crippen LogP contribution >= 0.6 is 0 Å². The van der Waals surface area contributed by atoms with Gasteiger partial charge in [0.25, 0.3) is 0 Å². The molecule has 0 aromatic carbocycles. The molecule has 1 heterocycles. The lowest BCUT2D eigenvalue weighted by Gasteiger charge is -1.99. The van der Waals surface area contributed by atoms with Crippen molar-refractivity contribution in [2.24, 2.45) is 0 Å². The summed E-state index contributed by atoms with van der Waals surface area (Å²) in [7, 11) is 0. The van der Waals surface area contributed by atoms with Crippen molar-refractivity contribution in [2.45, 2.75) is 110 Å². The third kappa shape index (κ3) is 9.58. The van der Waals surface area contributed by atoms with Gasteiger partial charge in [0.05, 0.1) is 12.2 Å². The molecule has 0 spiro atoms. The Hall–Kier alpha value is -0.300. The van der Waals surface area contributed by atoms with Crippen LogP contribution in [0.1, 0.15) is 97.3 Å². The normalized spacial score (nSPS) is 21.7. The summed E-state index contributed by atoms with van der Waals surface area (Å²) in [6, 6.07) is 0. The van der Waals surface area contributed by atoms with Crippen molar-refractivity contribution in [1.29, 1.82) is 0 Å². The SMILES string of the molecule is CCCCC/C=C\C[C@H]1O[C@H]1CCCCCCCCC. The van der Waals surface area contributed by atoms with Gasteiger partial charge in [0.2, 0.25) is 0 Å². The molecule has 1 nitrogen and oxygen atoms in total. The molecule has 1 saturated heterocycles. The van der Waals surface area contributed by atoms with E-state index in [0.717, 1.165) is 6.42 Å². The average Bonchev–Trinajstić information content (AvgIpc) is 3.20. The fraction of sp³-hybridized carbons (Fsp3) is 0.895. The molecule has 0 aromatic rings. The van der Waals surface area contributed by atoms with E-state index in [1.807, 2.05) is 0 Å². The van der Waals surface area contributed by atoms with Gasteiger partial charge in [-0.05, 0) is 25.7 Å². The molecular formula is C19H36O. The lowest BCUT2D eigenvalue weighted by Crippen LogP contribution is -1.93. The molecule has 0 saturated carbocycles. The van der Waals surface area contributed by atoms with Gasteiger partial charge in [-0.3, -0.25) is 0 Å². The monoisotopic (exact) mass is 280 g/mol. The largest absolute Gasteiger partial charge is 0.369 e. The Labute approximate surface area is 127 Å². The maximum absolute atomic E-state index is 5.74. The molecule has 0 aliphatic carbocycles. The highest BCUT2D eigenvalue weighted by Gasteiger charge is 2.36. The summed E-state index contributed by atoms with van der Waals surface area (Å²) in [6.45, 7) is 4.54. The smallest absolute Gasteiger partial charge is 0.0876 e. The lowest BCUT2D eigenvalue weighted by atomic mass is 10.1. The minimum Gasteiger partial charge on any atom is -0.369 e. The van der Waals surface area contributed by atoms with Crippen LogP contribution in [-0.2, 0) is 4.74 Å². The van der Waals surface area contributed by atoms with Crippen LogP contribution in [0.5, 0.6) is 0 Å². The van der Waals surface area contributed by atoms with E-state index < -0.39 is 0 Å². The summed E-state index contributed by atoms with van der Waals surface area (Å²) >= 11 is 0. The minimum atomic E-state index is 0.553. The van der Waals surface area contributed by atoms with Crippen LogP contribution < -0.4 is 0 Å². The van der Waals surface area contributed by atoms with Crippen molar-refractivity contribution >= 4 is 0 Å². The van der Waals surface area contributed by atoms with E-state index >= 15 is 0 Å². The Kier molecular flexibility index (Phi) is 11.0. The van der Waals surface area contributed by atoms with E-state index in [2.05, 4.69) is 26.0 Å². The van der Waals surface area contributed by atoms with Gasteiger partial charge in [-0.25, -0.2) is 0 Å². The topological polar surface area (TPSA) is 12.5 Å². The summed E-state index contributed by atoms with van der Waals surface area (Å²) in [4.78, 5) is 0. The second-order valence-electron chi connectivity index (χ2n) is 6.33. The highest BCUT2D eigenvalue weighted by Crippen LogP contribution is 2.30. The third-order valence-corrected chi connectivity index (χ3v) is 4.29. The summed E-state index contributed by atoms with van der Waals surface area (Å²) in [5.41, 5.74) is 0. The molecule has 20 heavy (non-hydrogen) atoms. The molecule has 118 valence electrons. The van der Waals surface area contributed by atoms with Gasteiger partial charge in [0.1, 0.15) is 0 Å². The Bertz CT molecular complexity index is 234. The number of unbranched alkanes of at least 4 members (excludes halogenated alkanes) is 9. The number of allylic oxidation sites excluding steroid dienone is 1. The zero-order chi connectivity index (χ0) is 14.5. The predicted octanol–water partition coefficient (Wildman–Crippen LogP) is 6.42. The van der Waals surface area contributed by atoms with E-state index in [-0.39, 0.29) is 0 Å². The summed E-state index contributed by atoms with van der Waals surface area (Å²) < 4.78 is 5.74. The second kappa shape index (κ2) is 12.4. The first-order valence-electron chi connectivity index (χ1n) is 9.19. The lowest BCUT2D eigenvalue weighted by molar-refractivity contribution is 0.358. The molecule has 0 amide bonds. The molecule has 1 heteroatoms. The van der Waals surface area contributed by atoms with E-state index in [9.17, 15) is 0 Å². The Balaban J connectivity index is 1.81. The number of ether oxygens (including phenoxy) is 1. The van der Waals surface area contributed by atoms with Crippen LogP contribution in [0.3, 0.4) is 0 Å². The molecule has 0 bridgehead atoms. The van der Waals surface area contributed by atoms with Crippen LogP contribution in [0, 0.1) is 0 Å². The van der Waals surface area contributed by atoms with Crippen molar-refractivity contribution in [3.05, 3.63) is 12.2 Å². The van der Waals surface area contributed by atoms with E-state index in [1.54, 1.807) is 0 Å². The number of epoxide rings is 1. The summed E-state index contributed by atoms with van der Waals surface area (Å²) in [5, 5.41) is 0. The van der Waals surface area contributed by atoms with Crippen LogP contribution in [0.25, 0.3) is 0 Å². The first-order valence-corrected chi connectivity index (χ1v) is 9.19. The van der Waals surface area contributed by atoms with Crippen LogP contribution in [0.15, 0.2) is 12.2 Å². The number of rotatable bonds is 14. The van der Waals surface area contributed by atoms with Crippen molar-refractivity contribution in [2.75, 3.05) is 0 Å². The second-order valence-corrected chi connectivity index (χ2v) is 6.33. The van der Waals surface area contributed by atoms with Gasteiger partial charge in [-0.1, -0.05) is 83.8 Å². The highest BCUT2D eigenvalue weighted by atomic mass is 16.6. The maximum atomic E-state index is 5.74. The van der Waals surface area contributed by atoms with E-state index in [4.69, 9.17) is 4.74 Å². The van der Waals surface area contributed by atoms with E-state index in [1.165, 1.54) is 77.0 Å². The minimum absolute atomic E-state index is 0.553. The van der Waals surface area contributed by atoms with Crippen molar-refractivity contribution in [3.8, 4) is 0 Å². The van der Waals surface area contributed by atoms with Gasteiger partial charge in [0.15, 0.2) is 0 Å². The molecule has 0 N–H and O–H groups in total. The van der Waals surface area contributed by atoms with Crippen LogP contribution in [0.2, 0.25) is 0 Å². The highest BCUT2D eigenvalue weighted by molar-refractivity contribution is 4.93. The van der Waals surface area contributed by atoms with Crippen LogP contribution in [-0.4, -0.2) is 12.2 Å². The van der Waals surface area contributed by atoms with Gasteiger partial charge >= 0.3 is 0 Å². The molecule has 0 unspecified atom stereocenters. The number of hydrogen-bond acceptors (Lipinski definition) is 1. The molecular weight excluding hydrogens is 244 g/mol. The van der Waals surface area contributed by atoms with Crippen molar-refractivity contribution in [3.63, 3.8) is 0 Å². The molecule has 1 fully saturated rings. The first-order chi connectivity index (χ1) is 9.88. The molecule has 1 aliphatic heterocycles. The fourth-order valence-electron chi connectivity index (χ4n) is 2.80. The van der Waals surface area contributed by atoms with Crippen LogP contribution in [0.4, 0.5) is 0 Å². The first kappa shape index (κ1) is 17.8. The maximum Gasteiger partial charge on any atom is 0.0876 e. The zero-order valence-electron chi connectivity index (χ0n) is 13.9. The Morgan fingerprint density at radius 1 is 0.700 bits per heavy atom. The molecule has 0 aromatic heterocycles. The standard InChI is InChI=1S/C19H36O/c1-3-5-7-9-11-13-15-17-19-18(20-19)16-14-12-10-8-6-4-2/h12,14,18-19H,3-11,13,15-17H2,1-2H3/b14-12-/t18-,19+/m1/s1.